The molecular weight excluding hydrogens is 604 g/mol. The third-order valence-corrected chi connectivity index (χ3v) is 6.80. The quantitative estimate of drug-likeness (QED) is 0.155. The summed E-state index contributed by atoms with van der Waals surface area (Å²) < 4.78 is 95.2. The second kappa shape index (κ2) is 14.2. The Morgan fingerprint density at radius 2 is 1.66 bits per heavy atom. The van der Waals surface area contributed by atoms with Crippen LogP contribution in [0.3, 0.4) is 0 Å². The zero-order valence-electron chi connectivity index (χ0n) is 23.2. The largest absolute Gasteiger partial charge is 0.573 e. The Labute approximate surface area is 248 Å². The molecule has 17 heteroatoms. The minimum atomic E-state index is -4.97. The number of nitrogens with zero attached hydrogens (tertiary/aromatic N) is 2. The summed E-state index contributed by atoms with van der Waals surface area (Å²) in [4.78, 5) is 27.8. The number of nitrogens with one attached hydrogen (secondary N) is 2. The van der Waals surface area contributed by atoms with Gasteiger partial charge in [0.2, 0.25) is 0 Å². The van der Waals surface area contributed by atoms with Gasteiger partial charge >= 0.3 is 18.8 Å². The molecule has 1 saturated carbocycles. The molecule has 11 nitrogen and oxygen atoms in total. The van der Waals surface area contributed by atoms with Crippen molar-refractivity contribution in [1.82, 2.24) is 15.5 Å². The molecule has 4 rings (SSSR count). The van der Waals surface area contributed by atoms with Crippen LogP contribution in [-0.2, 0) is 4.74 Å². The van der Waals surface area contributed by atoms with Crippen LogP contribution in [0.1, 0.15) is 29.6 Å². The van der Waals surface area contributed by atoms with Crippen LogP contribution < -0.4 is 35.7 Å². The van der Waals surface area contributed by atoms with E-state index in [1.807, 2.05) is 0 Å². The van der Waals surface area contributed by atoms with E-state index in [1.165, 1.54) is 18.2 Å². The van der Waals surface area contributed by atoms with Crippen molar-refractivity contribution in [2.24, 2.45) is 5.84 Å². The molecule has 2 aliphatic rings. The first-order valence-electron chi connectivity index (χ1n) is 13.6. The molecule has 2 atom stereocenters. The van der Waals surface area contributed by atoms with Gasteiger partial charge in [0.05, 0.1) is 24.5 Å². The number of hydrogen-bond donors (Lipinski definition) is 3. The topological polar surface area (TPSA) is 128 Å². The number of morpholine rings is 1. The first kappa shape index (κ1) is 32.9. The maximum atomic E-state index is 13.0. The van der Waals surface area contributed by atoms with Crippen LogP contribution in [0.25, 0.3) is 0 Å². The smallest absolute Gasteiger partial charge is 0.490 e. The van der Waals surface area contributed by atoms with E-state index in [0.29, 0.717) is 50.7 Å². The zero-order valence-corrected chi connectivity index (χ0v) is 23.2. The van der Waals surface area contributed by atoms with Gasteiger partial charge in [0.25, 0.3) is 5.91 Å². The first-order chi connectivity index (χ1) is 20.8. The van der Waals surface area contributed by atoms with Crippen LogP contribution in [0.2, 0.25) is 0 Å². The average molecular weight is 636 g/mol. The Bertz CT molecular complexity index is 1290. The number of rotatable bonds is 10. The van der Waals surface area contributed by atoms with Crippen molar-refractivity contribution in [2.45, 2.75) is 44.1 Å². The van der Waals surface area contributed by atoms with E-state index in [-0.39, 0.29) is 30.0 Å². The number of hydrogen-bond acceptors (Lipinski definition) is 8. The Kier molecular flexibility index (Phi) is 10.6. The molecule has 1 aliphatic heterocycles. The van der Waals surface area contributed by atoms with Crippen LogP contribution >= 0.6 is 0 Å². The molecule has 0 bridgehead atoms. The Morgan fingerprint density at radius 3 is 2.34 bits per heavy atom. The number of nitrogens with two attached hydrogens (primary N) is 1. The fraction of sp³-hybridized carbons (Fsp3) is 0.481. The summed E-state index contributed by atoms with van der Waals surface area (Å²) in [7, 11) is 0. The van der Waals surface area contributed by atoms with Crippen molar-refractivity contribution >= 4 is 17.6 Å². The van der Waals surface area contributed by atoms with Gasteiger partial charge in [-0.25, -0.2) is 15.6 Å². The van der Waals surface area contributed by atoms with Crippen molar-refractivity contribution in [1.29, 1.82) is 0 Å². The number of carbonyl (C=O) groups is 2. The van der Waals surface area contributed by atoms with Crippen molar-refractivity contribution < 1.29 is 54.9 Å². The summed E-state index contributed by atoms with van der Waals surface area (Å²) >= 11 is 0. The maximum absolute atomic E-state index is 13.0. The van der Waals surface area contributed by atoms with Crippen molar-refractivity contribution in [3.8, 4) is 17.2 Å². The van der Waals surface area contributed by atoms with Gasteiger partial charge in [0, 0.05) is 44.7 Å². The molecule has 4 N–H and O–H groups in total. The lowest BCUT2D eigenvalue weighted by Gasteiger charge is -2.26. The van der Waals surface area contributed by atoms with Gasteiger partial charge in [-0.05, 0) is 43.2 Å². The molecule has 0 aromatic heterocycles. The van der Waals surface area contributed by atoms with E-state index < -0.39 is 48.3 Å². The van der Waals surface area contributed by atoms with E-state index in [9.17, 15) is 35.9 Å². The molecule has 44 heavy (non-hydrogen) atoms. The number of hydrazine groups is 1. The highest BCUT2D eigenvalue weighted by Gasteiger charge is 2.34. The highest BCUT2D eigenvalue weighted by molar-refractivity contribution is 5.97. The summed E-state index contributed by atoms with van der Waals surface area (Å²) in [6, 6.07) is 6.51. The monoisotopic (exact) mass is 635 g/mol. The number of benzene rings is 2. The molecule has 2 unspecified atom stereocenters. The highest BCUT2D eigenvalue weighted by Crippen LogP contribution is 2.32. The Balaban J connectivity index is 1.36. The zero-order chi connectivity index (χ0) is 31.9. The van der Waals surface area contributed by atoms with E-state index in [4.69, 9.17) is 15.3 Å². The molecule has 1 heterocycles. The van der Waals surface area contributed by atoms with Gasteiger partial charge in [-0.1, -0.05) is 6.07 Å². The molecule has 1 aliphatic carbocycles. The van der Waals surface area contributed by atoms with Crippen molar-refractivity contribution in [2.75, 3.05) is 44.4 Å². The van der Waals surface area contributed by atoms with Crippen LogP contribution in [0.5, 0.6) is 17.2 Å². The maximum Gasteiger partial charge on any atom is 0.573 e. The summed E-state index contributed by atoms with van der Waals surface area (Å²) in [5.41, 5.74) is -0.212. The van der Waals surface area contributed by atoms with Gasteiger partial charge in [0.1, 0.15) is 23.4 Å². The second-order valence-corrected chi connectivity index (χ2v) is 10.0. The molecule has 2 aromatic carbocycles. The van der Waals surface area contributed by atoms with Crippen molar-refractivity contribution in [3.05, 3.63) is 48.0 Å². The molecule has 242 valence electrons. The summed E-state index contributed by atoms with van der Waals surface area (Å²) in [5, 5.41) is 6.00. The van der Waals surface area contributed by atoms with E-state index >= 15 is 0 Å². The van der Waals surface area contributed by atoms with E-state index in [2.05, 4.69) is 25.0 Å². The fourth-order valence-corrected chi connectivity index (χ4v) is 4.78. The van der Waals surface area contributed by atoms with Gasteiger partial charge in [-0.15, -0.1) is 26.3 Å². The van der Waals surface area contributed by atoms with Gasteiger partial charge < -0.3 is 29.6 Å². The third-order valence-electron chi connectivity index (χ3n) is 6.80. The Hall–Kier alpha value is -3.96. The minimum Gasteiger partial charge on any atom is -0.490 e. The lowest BCUT2D eigenvalue weighted by molar-refractivity contribution is -0.275. The Morgan fingerprint density at radius 1 is 0.977 bits per heavy atom. The number of ether oxygens (including phenoxy) is 4. The first-order valence-corrected chi connectivity index (χ1v) is 13.6. The van der Waals surface area contributed by atoms with E-state index in [1.54, 1.807) is 0 Å². The lowest BCUT2D eigenvalue weighted by Crippen LogP contribution is -2.48. The van der Waals surface area contributed by atoms with Crippen LogP contribution in [0.4, 0.5) is 36.8 Å². The van der Waals surface area contributed by atoms with Crippen LogP contribution in [0, 0.1) is 0 Å². The van der Waals surface area contributed by atoms with E-state index in [0.717, 1.165) is 24.3 Å². The summed E-state index contributed by atoms with van der Waals surface area (Å²) in [6.45, 7) is 3.28. The van der Waals surface area contributed by atoms with Crippen molar-refractivity contribution in [3.63, 3.8) is 0 Å². The third kappa shape index (κ3) is 10.1. The van der Waals surface area contributed by atoms with Gasteiger partial charge in [-0.3, -0.25) is 9.69 Å². The number of halogens is 6. The van der Waals surface area contributed by atoms with Gasteiger partial charge in [0.15, 0.2) is 0 Å². The molecule has 3 amide bonds. The predicted octanol–water partition coefficient (Wildman–Crippen LogP) is 3.94. The van der Waals surface area contributed by atoms with Crippen LogP contribution in [0.15, 0.2) is 42.5 Å². The second-order valence-electron chi connectivity index (χ2n) is 10.0. The minimum absolute atomic E-state index is 0.0299. The fourth-order valence-electron chi connectivity index (χ4n) is 4.78. The molecule has 0 spiro atoms. The average Bonchev–Trinajstić information content (AvgIpc) is 3.38. The number of carbonyl (C=O) groups excluding carboxylic acids is 2. The normalized spacial score (nSPS) is 19.2. The SMILES string of the molecule is NN(C(=O)NC1CCC(Oc2ccc(OC(F)(F)F)cc2C(=O)NCCN2CCOCC2)C1)c1cccc(OC(F)(F)F)c1. The number of alkyl halides is 6. The van der Waals surface area contributed by atoms with Gasteiger partial charge in [-0.2, -0.15) is 0 Å². The predicted molar refractivity (Wildman–Crippen MR) is 143 cm³/mol. The number of urea groups is 1. The molecule has 2 aromatic rings. The molecule has 1 saturated heterocycles. The van der Waals surface area contributed by atoms with Crippen LogP contribution in [-0.4, -0.2) is 81.1 Å². The molecule has 2 fully saturated rings. The highest BCUT2D eigenvalue weighted by atomic mass is 19.4. The molecular formula is C27H31F6N5O6. The molecule has 0 radical (unpaired) electrons. The number of anilines is 1. The summed E-state index contributed by atoms with van der Waals surface area (Å²) in [5.74, 6) is 4.04. The lowest BCUT2D eigenvalue weighted by atomic mass is 10.1. The summed E-state index contributed by atoms with van der Waals surface area (Å²) in [6.07, 6.45) is -9.30. The standard InChI is InChI=1S/C27H31F6N5O6/c28-26(29,30)43-20-3-1-2-18(15-20)38(34)25(40)36-17-4-5-19(14-17)42-23-7-6-21(44-27(31,32)33)16-22(23)24(39)35-8-9-37-10-12-41-13-11-37/h1-3,6-7,15-17,19H,4-5,8-14,34H2,(H,35,39)(H,36,40). The number of amides is 3.